The minimum absolute atomic E-state index is 0.0299. The van der Waals surface area contributed by atoms with Crippen LogP contribution in [0.2, 0.25) is 0 Å². The molecule has 0 fully saturated rings. The largest absolute Gasteiger partial charge is 0.481 e. The summed E-state index contributed by atoms with van der Waals surface area (Å²) in [6.07, 6.45) is 0.586. The van der Waals surface area contributed by atoms with Gasteiger partial charge in [-0.3, -0.25) is 9.59 Å². The highest BCUT2D eigenvalue weighted by atomic mass is 32.1. The van der Waals surface area contributed by atoms with E-state index < -0.39 is 5.97 Å². The minimum Gasteiger partial charge on any atom is -0.481 e. The highest BCUT2D eigenvalue weighted by Crippen LogP contribution is 2.23. The van der Waals surface area contributed by atoms with Crippen molar-refractivity contribution in [3.8, 4) is 0 Å². The van der Waals surface area contributed by atoms with E-state index in [0.717, 1.165) is 5.56 Å². The van der Waals surface area contributed by atoms with Crippen LogP contribution in [0.3, 0.4) is 0 Å². The fourth-order valence-corrected chi connectivity index (χ4v) is 2.81. The fraction of sp³-hybridized carbons (Fsp3) is 0.571. The standard InChI is InChI=1S/C14H21NO3S/c1-9-5-6-19-12(9)13(18)15-10(7-11(16)17)8-14(2,3)4/h5-6,10H,7-8H2,1-4H3,(H,15,18)(H,16,17). The van der Waals surface area contributed by atoms with Gasteiger partial charge in [-0.25, -0.2) is 0 Å². The molecule has 19 heavy (non-hydrogen) atoms. The number of aliphatic carboxylic acids is 1. The van der Waals surface area contributed by atoms with E-state index in [-0.39, 0.29) is 23.8 Å². The lowest BCUT2D eigenvalue weighted by atomic mass is 9.87. The van der Waals surface area contributed by atoms with Gasteiger partial charge >= 0.3 is 5.97 Å². The van der Waals surface area contributed by atoms with Crippen molar-refractivity contribution in [1.82, 2.24) is 5.32 Å². The number of carbonyl (C=O) groups excluding carboxylic acids is 1. The molecule has 0 spiro atoms. The molecule has 0 radical (unpaired) electrons. The Balaban J connectivity index is 2.74. The van der Waals surface area contributed by atoms with E-state index in [1.54, 1.807) is 0 Å². The van der Waals surface area contributed by atoms with Crippen molar-refractivity contribution in [1.29, 1.82) is 0 Å². The summed E-state index contributed by atoms with van der Waals surface area (Å²) in [5.41, 5.74) is 0.894. The lowest BCUT2D eigenvalue weighted by Crippen LogP contribution is -2.39. The first kappa shape index (κ1) is 15.7. The second kappa shape index (κ2) is 6.19. The zero-order valence-electron chi connectivity index (χ0n) is 11.8. The average Bonchev–Trinajstić information content (AvgIpc) is 2.60. The second-order valence-electron chi connectivity index (χ2n) is 5.97. The second-order valence-corrected chi connectivity index (χ2v) is 6.88. The van der Waals surface area contributed by atoms with Crippen molar-refractivity contribution in [3.63, 3.8) is 0 Å². The van der Waals surface area contributed by atoms with Crippen molar-refractivity contribution in [2.24, 2.45) is 5.41 Å². The maximum atomic E-state index is 12.1. The first-order valence-corrected chi connectivity index (χ1v) is 7.14. The topological polar surface area (TPSA) is 66.4 Å². The normalized spacial score (nSPS) is 13.1. The lowest BCUT2D eigenvalue weighted by molar-refractivity contribution is -0.137. The van der Waals surface area contributed by atoms with Crippen LogP contribution < -0.4 is 5.32 Å². The minimum atomic E-state index is -0.891. The maximum Gasteiger partial charge on any atom is 0.305 e. The van der Waals surface area contributed by atoms with E-state index >= 15 is 0 Å². The van der Waals surface area contributed by atoms with E-state index in [4.69, 9.17) is 5.11 Å². The van der Waals surface area contributed by atoms with Gasteiger partial charge in [0, 0.05) is 6.04 Å². The first-order valence-electron chi connectivity index (χ1n) is 6.26. The SMILES string of the molecule is Cc1ccsc1C(=O)NC(CC(=O)O)CC(C)(C)C. The third kappa shape index (κ3) is 5.42. The average molecular weight is 283 g/mol. The maximum absolute atomic E-state index is 12.1. The van der Waals surface area contributed by atoms with E-state index in [2.05, 4.69) is 5.32 Å². The van der Waals surface area contributed by atoms with Gasteiger partial charge in [0.25, 0.3) is 5.91 Å². The molecule has 1 aromatic heterocycles. The summed E-state index contributed by atoms with van der Waals surface area (Å²) >= 11 is 1.38. The molecule has 1 amide bonds. The summed E-state index contributed by atoms with van der Waals surface area (Å²) in [6, 6.07) is 1.54. The van der Waals surface area contributed by atoms with Crippen LogP contribution in [-0.4, -0.2) is 23.0 Å². The molecule has 0 aromatic carbocycles. The Labute approximate surface area is 117 Å². The molecule has 0 aliphatic rings. The van der Waals surface area contributed by atoms with Crippen LogP contribution >= 0.6 is 11.3 Å². The van der Waals surface area contributed by atoms with Crippen molar-refractivity contribution >= 4 is 23.2 Å². The summed E-state index contributed by atoms with van der Waals surface area (Å²) in [6.45, 7) is 7.97. The van der Waals surface area contributed by atoms with Crippen LogP contribution in [0.5, 0.6) is 0 Å². The molecule has 1 rings (SSSR count). The van der Waals surface area contributed by atoms with Gasteiger partial charge in [-0.1, -0.05) is 20.8 Å². The molecule has 2 N–H and O–H groups in total. The van der Waals surface area contributed by atoms with Gasteiger partial charge in [0.1, 0.15) is 0 Å². The van der Waals surface area contributed by atoms with Gasteiger partial charge in [0.2, 0.25) is 0 Å². The molecule has 1 aromatic rings. The summed E-state index contributed by atoms with van der Waals surface area (Å²) < 4.78 is 0. The molecule has 0 saturated carbocycles. The molecular weight excluding hydrogens is 262 g/mol. The van der Waals surface area contributed by atoms with Crippen LogP contribution in [0.1, 0.15) is 48.8 Å². The Morgan fingerprint density at radius 2 is 2.05 bits per heavy atom. The van der Waals surface area contributed by atoms with E-state index in [0.29, 0.717) is 11.3 Å². The Bertz CT molecular complexity index is 460. The van der Waals surface area contributed by atoms with Crippen molar-refractivity contribution in [3.05, 3.63) is 21.9 Å². The van der Waals surface area contributed by atoms with Crippen LogP contribution in [0.4, 0.5) is 0 Å². The molecule has 1 atom stereocenters. The number of carbonyl (C=O) groups is 2. The Kier molecular flexibility index (Phi) is 5.11. The van der Waals surface area contributed by atoms with Crippen molar-refractivity contribution in [2.75, 3.05) is 0 Å². The Morgan fingerprint density at radius 1 is 1.42 bits per heavy atom. The molecule has 106 valence electrons. The zero-order valence-corrected chi connectivity index (χ0v) is 12.6. The smallest absolute Gasteiger partial charge is 0.305 e. The van der Waals surface area contributed by atoms with Crippen molar-refractivity contribution in [2.45, 2.75) is 46.6 Å². The molecule has 0 bridgehead atoms. The molecular formula is C14H21NO3S. The third-order valence-electron chi connectivity index (χ3n) is 2.68. The Morgan fingerprint density at radius 3 is 2.47 bits per heavy atom. The number of thiophene rings is 1. The molecule has 4 nitrogen and oxygen atoms in total. The predicted molar refractivity (Wildman–Crippen MR) is 76.6 cm³/mol. The van der Waals surface area contributed by atoms with Gasteiger partial charge in [0.05, 0.1) is 11.3 Å². The van der Waals surface area contributed by atoms with Gasteiger partial charge in [-0.2, -0.15) is 0 Å². The number of aryl methyl sites for hydroxylation is 1. The molecule has 1 unspecified atom stereocenters. The van der Waals surface area contributed by atoms with Crippen LogP contribution in [0.25, 0.3) is 0 Å². The molecule has 0 saturated heterocycles. The van der Waals surface area contributed by atoms with Crippen molar-refractivity contribution < 1.29 is 14.7 Å². The van der Waals surface area contributed by atoms with Gasteiger partial charge in [-0.05, 0) is 35.8 Å². The summed E-state index contributed by atoms with van der Waals surface area (Å²) in [7, 11) is 0. The predicted octanol–water partition coefficient (Wildman–Crippen LogP) is 3.07. The monoisotopic (exact) mass is 283 g/mol. The third-order valence-corrected chi connectivity index (χ3v) is 3.70. The molecule has 0 aliphatic heterocycles. The highest BCUT2D eigenvalue weighted by Gasteiger charge is 2.23. The number of amides is 1. The molecule has 1 heterocycles. The number of hydrogen-bond donors (Lipinski definition) is 2. The fourth-order valence-electron chi connectivity index (χ4n) is 1.98. The van der Waals surface area contributed by atoms with Crippen LogP contribution in [-0.2, 0) is 4.79 Å². The first-order chi connectivity index (χ1) is 8.69. The number of nitrogens with one attached hydrogen (secondary N) is 1. The number of rotatable bonds is 5. The van der Waals surface area contributed by atoms with Gasteiger partial charge < -0.3 is 10.4 Å². The summed E-state index contributed by atoms with van der Waals surface area (Å²) in [5, 5.41) is 13.6. The summed E-state index contributed by atoms with van der Waals surface area (Å²) in [5.74, 6) is -1.07. The van der Waals surface area contributed by atoms with Gasteiger partial charge in [0.15, 0.2) is 0 Å². The molecule has 5 heteroatoms. The van der Waals surface area contributed by atoms with Gasteiger partial charge in [-0.15, -0.1) is 11.3 Å². The Hall–Kier alpha value is -1.36. The van der Waals surface area contributed by atoms with Crippen LogP contribution in [0, 0.1) is 12.3 Å². The zero-order chi connectivity index (χ0) is 14.6. The van der Waals surface area contributed by atoms with E-state index in [1.165, 1.54) is 11.3 Å². The molecule has 0 aliphatic carbocycles. The van der Waals surface area contributed by atoms with E-state index in [1.807, 2.05) is 39.1 Å². The van der Waals surface area contributed by atoms with E-state index in [9.17, 15) is 9.59 Å². The number of hydrogen-bond acceptors (Lipinski definition) is 3. The quantitative estimate of drug-likeness (QED) is 0.872. The lowest BCUT2D eigenvalue weighted by Gasteiger charge is -2.25. The van der Waals surface area contributed by atoms with Crippen LogP contribution in [0.15, 0.2) is 11.4 Å². The highest BCUT2D eigenvalue weighted by molar-refractivity contribution is 7.12. The number of carboxylic acid groups (broad SMARTS) is 1. The number of carboxylic acids is 1. The summed E-state index contributed by atoms with van der Waals surface area (Å²) in [4.78, 5) is 23.6.